The second-order valence-corrected chi connectivity index (χ2v) is 4.45. The quantitative estimate of drug-likeness (QED) is 0.563. The summed E-state index contributed by atoms with van der Waals surface area (Å²) in [7, 11) is 0. The Morgan fingerprint density at radius 3 is 2.95 bits per heavy atom. The number of benzene rings is 1. The zero-order chi connectivity index (χ0) is 12.8. The van der Waals surface area contributed by atoms with E-state index >= 15 is 0 Å². The van der Waals surface area contributed by atoms with Crippen molar-refractivity contribution in [3.05, 3.63) is 42.3 Å². The fourth-order valence-electron chi connectivity index (χ4n) is 2.21. The Morgan fingerprint density at radius 1 is 1.21 bits per heavy atom. The third-order valence-corrected chi connectivity index (χ3v) is 3.09. The highest BCUT2D eigenvalue weighted by atomic mass is 16.5. The van der Waals surface area contributed by atoms with Gasteiger partial charge in [0.25, 0.3) is 0 Å². The highest BCUT2D eigenvalue weighted by Crippen LogP contribution is 2.25. The zero-order valence-corrected chi connectivity index (χ0v) is 10.2. The molecule has 19 heavy (non-hydrogen) atoms. The molecule has 1 aromatic carbocycles. The Labute approximate surface area is 108 Å². The van der Waals surface area contributed by atoms with Crippen molar-refractivity contribution in [3.63, 3.8) is 0 Å². The normalized spacial score (nSPS) is 11.4. The van der Waals surface area contributed by atoms with Crippen molar-refractivity contribution in [1.82, 2.24) is 20.1 Å². The van der Waals surface area contributed by atoms with Gasteiger partial charge < -0.3 is 9.51 Å². The summed E-state index contributed by atoms with van der Waals surface area (Å²) >= 11 is 0. The molecule has 0 aliphatic carbocycles. The number of hydrogen-bond donors (Lipinski definition) is 1. The number of hydrogen-bond acceptors (Lipinski definition) is 4. The lowest BCUT2D eigenvalue weighted by Crippen LogP contribution is -1.79. The minimum atomic E-state index is 0.699. The third-order valence-electron chi connectivity index (χ3n) is 3.09. The number of aromatic amines is 1. The van der Waals surface area contributed by atoms with E-state index < -0.39 is 0 Å². The SMILES string of the molecule is Cc1cc(-c2nc3c(cnc4ccccc43)[nH]2)no1. The monoisotopic (exact) mass is 250 g/mol. The highest BCUT2D eigenvalue weighted by Gasteiger charge is 2.11. The number of aryl methyl sites for hydroxylation is 1. The van der Waals surface area contributed by atoms with Crippen LogP contribution in [-0.4, -0.2) is 20.1 Å². The molecule has 4 rings (SSSR count). The van der Waals surface area contributed by atoms with E-state index in [1.54, 1.807) is 6.20 Å². The summed E-state index contributed by atoms with van der Waals surface area (Å²) in [6.07, 6.45) is 1.79. The zero-order valence-electron chi connectivity index (χ0n) is 10.2. The van der Waals surface area contributed by atoms with Crippen LogP contribution >= 0.6 is 0 Å². The number of imidazole rings is 1. The second-order valence-electron chi connectivity index (χ2n) is 4.45. The molecule has 0 amide bonds. The minimum Gasteiger partial charge on any atom is -0.361 e. The van der Waals surface area contributed by atoms with Crippen LogP contribution in [0.15, 0.2) is 41.1 Å². The van der Waals surface area contributed by atoms with Gasteiger partial charge in [-0.1, -0.05) is 23.4 Å². The summed E-state index contributed by atoms with van der Waals surface area (Å²) in [5.41, 5.74) is 3.44. The van der Waals surface area contributed by atoms with Gasteiger partial charge in [0.05, 0.1) is 17.2 Å². The maximum atomic E-state index is 5.08. The molecule has 0 atom stereocenters. The fraction of sp³-hybridized carbons (Fsp3) is 0.0714. The van der Waals surface area contributed by atoms with E-state index in [0.29, 0.717) is 11.5 Å². The van der Waals surface area contributed by atoms with Crippen LogP contribution in [-0.2, 0) is 0 Å². The number of para-hydroxylation sites is 1. The first-order valence-electron chi connectivity index (χ1n) is 5.98. The molecular weight excluding hydrogens is 240 g/mol. The summed E-state index contributed by atoms with van der Waals surface area (Å²) in [6, 6.07) is 9.80. The van der Waals surface area contributed by atoms with E-state index in [2.05, 4.69) is 20.1 Å². The van der Waals surface area contributed by atoms with E-state index in [-0.39, 0.29) is 0 Å². The first-order valence-corrected chi connectivity index (χ1v) is 5.98. The molecule has 0 saturated carbocycles. The van der Waals surface area contributed by atoms with Crippen LogP contribution in [0, 0.1) is 6.92 Å². The van der Waals surface area contributed by atoms with Gasteiger partial charge >= 0.3 is 0 Å². The lowest BCUT2D eigenvalue weighted by Gasteiger charge is -1.95. The topological polar surface area (TPSA) is 67.6 Å². The summed E-state index contributed by atoms with van der Waals surface area (Å²) in [6.45, 7) is 1.86. The van der Waals surface area contributed by atoms with Gasteiger partial charge in [0, 0.05) is 11.5 Å². The van der Waals surface area contributed by atoms with Gasteiger partial charge in [0.2, 0.25) is 0 Å². The average Bonchev–Trinajstić information content (AvgIpc) is 3.04. The molecule has 5 nitrogen and oxygen atoms in total. The number of pyridine rings is 1. The van der Waals surface area contributed by atoms with Gasteiger partial charge in [-0.3, -0.25) is 4.98 Å². The predicted octanol–water partition coefficient (Wildman–Crippen LogP) is 3.07. The minimum absolute atomic E-state index is 0.699. The van der Waals surface area contributed by atoms with Crippen LogP contribution in [0.5, 0.6) is 0 Å². The van der Waals surface area contributed by atoms with Crippen molar-refractivity contribution in [1.29, 1.82) is 0 Å². The first kappa shape index (κ1) is 10.3. The van der Waals surface area contributed by atoms with Gasteiger partial charge in [0.15, 0.2) is 5.82 Å². The Balaban J connectivity index is 2.03. The number of H-pyrrole nitrogens is 1. The van der Waals surface area contributed by atoms with E-state index in [9.17, 15) is 0 Å². The van der Waals surface area contributed by atoms with Crippen molar-refractivity contribution >= 4 is 21.9 Å². The molecule has 3 heterocycles. The predicted molar refractivity (Wildman–Crippen MR) is 71.6 cm³/mol. The molecule has 0 unspecified atom stereocenters. The maximum Gasteiger partial charge on any atom is 0.160 e. The summed E-state index contributed by atoms with van der Waals surface area (Å²) < 4.78 is 5.08. The molecule has 0 fully saturated rings. The van der Waals surface area contributed by atoms with E-state index in [0.717, 1.165) is 27.7 Å². The molecular formula is C14H10N4O. The summed E-state index contributed by atoms with van der Waals surface area (Å²) in [5.74, 6) is 1.46. The number of nitrogens with zero attached hydrogens (tertiary/aromatic N) is 3. The summed E-state index contributed by atoms with van der Waals surface area (Å²) in [4.78, 5) is 12.2. The molecule has 92 valence electrons. The van der Waals surface area contributed by atoms with Crippen molar-refractivity contribution in [2.45, 2.75) is 6.92 Å². The van der Waals surface area contributed by atoms with Crippen molar-refractivity contribution in [2.24, 2.45) is 0 Å². The van der Waals surface area contributed by atoms with Crippen LogP contribution in [0.3, 0.4) is 0 Å². The van der Waals surface area contributed by atoms with Crippen LogP contribution in [0.4, 0.5) is 0 Å². The molecule has 5 heteroatoms. The second kappa shape index (κ2) is 3.65. The molecule has 0 aliphatic rings. The molecule has 0 spiro atoms. The largest absolute Gasteiger partial charge is 0.361 e. The van der Waals surface area contributed by atoms with Crippen molar-refractivity contribution in [3.8, 4) is 11.5 Å². The van der Waals surface area contributed by atoms with E-state index in [1.807, 2.05) is 37.3 Å². The maximum absolute atomic E-state index is 5.08. The number of nitrogens with one attached hydrogen (secondary N) is 1. The van der Waals surface area contributed by atoms with Crippen molar-refractivity contribution in [2.75, 3.05) is 0 Å². The van der Waals surface area contributed by atoms with Gasteiger partial charge in [-0.05, 0) is 13.0 Å². The number of rotatable bonds is 1. The van der Waals surface area contributed by atoms with Gasteiger partial charge in [-0.2, -0.15) is 0 Å². The molecule has 3 aromatic heterocycles. The smallest absolute Gasteiger partial charge is 0.160 e. The standard InChI is InChI=1S/C14H10N4O/c1-8-6-11(18-19-8)14-16-12-7-15-10-5-3-2-4-9(10)13(12)17-14/h2-7H,1H3,(H,16,17). The molecule has 0 saturated heterocycles. The molecule has 0 aliphatic heterocycles. The van der Waals surface area contributed by atoms with Crippen LogP contribution in [0.1, 0.15) is 5.76 Å². The van der Waals surface area contributed by atoms with Crippen LogP contribution in [0.2, 0.25) is 0 Å². The Kier molecular flexibility index (Phi) is 1.97. The summed E-state index contributed by atoms with van der Waals surface area (Å²) in [5, 5.41) is 5.00. The lowest BCUT2D eigenvalue weighted by atomic mass is 10.2. The van der Waals surface area contributed by atoms with E-state index in [1.165, 1.54) is 0 Å². The molecule has 1 N–H and O–H groups in total. The molecule has 0 bridgehead atoms. The van der Waals surface area contributed by atoms with Crippen molar-refractivity contribution < 1.29 is 4.52 Å². The first-order chi connectivity index (χ1) is 9.31. The lowest BCUT2D eigenvalue weighted by molar-refractivity contribution is 0.399. The molecule has 0 radical (unpaired) electrons. The van der Waals surface area contributed by atoms with Crippen LogP contribution in [0.25, 0.3) is 33.5 Å². The van der Waals surface area contributed by atoms with E-state index in [4.69, 9.17) is 4.52 Å². The van der Waals surface area contributed by atoms with Gasteiger partial charge in [-0.15, -0.1) is 0 Å². The Morgan fingerprint density at radius 2 is 2.11 bits per heavy atom. The third kappa shape index (κ3) is 1.52. The highest BCUT2D eigenvalue weighted by molar-refractivity contribution is 6.02. The van der Waals surface area contributed by atoms with Gasteiger partial charge in [0.1, 0.15) is 17.0 Å². The molecule has 4 aromatic rings. The Hall–Kier alpha value is -2.69. The van der Waals surface area contributed by atoms with Crippen LogP contribution < -0.4 is 0 Å². The average molecular weight is 250 g/mol. The Bertz CT molecular complexity index is 891. The van der Waals surface area contributed by atoms with Gasteiger partial charge in [-0.25, -0.2) is 4.98 Å². The number of aromatic nitrogens is 4. The fourth-order valence-corrected chi connectivity index (χ4v) is 2.21. The number of fused-ring (bicyclic) bond motifs is 3.